The first-order valence-electron chi connectivity index (χ1n) is 8.86. The van der Waals surface area contributed by atoms with E-state index in [1.807, 2.05) is 25.1 Å². The van der Waals surface area contributed by atoms with Gasteiger partial charge in [0.1, 0.15) is 11.9 Å². The van der Waals surface area contributed by atoms with Crippen molar-refractivity contribution >= 4 is 39.9 Å². The van der Waals surface area contributed by atoms with E-state index in [0.717, 1.165) is 22.2 Å². The van der Waals surface area contributed by atoms with Crippen LogP contribution in [0.25, 0.3) is 22.2 Å². The topological polar surface area (TPSA) is 76.8 Å². The third kappa shape index (κ3) is 3.61. The third-order valence-corrected chi connectivity index (χ3v) is 5.32. The number of benzene rings is 2. The molecule has 3 N–H and O–H groups in total. The summed E-state index contributed by atoms with van der Waals surface area (Å²) in [6.45, 7) is 3.68. The number of anilines is 1. The first-order chi connectivity index (χ1) is 13.8. The molecule has 0 aliphatic carbocycles. The van der Waals surface area contributed by atoms with Gasteiger partial charge in [-0.05, 0) is 32.0 Å². The van der Waals surface area contributed by atoms with Gasteiger partial charge in [0.25, 0.3) is 5.88 Å². The third-order valence-electron chi connectivity index (χ3n) is 4.61. The molecule has 1 atom stereocenters. The van der Waals surface area contributed by atoms with Crippen LogP contribution >= 0.6 is 23.2 Å². The van der Waals surface area contributed by atoms with Crippen molar-refractivity contribution in [2.45, 2.75) is 20.0 Å². The van der Waals surface area contributed by atoms with E-state index in [2.05, 4.69) is 21.0 Å². The molecule has 0 aliphatic heterocycles. The highest BCUT2D eigenvalue weighted by Crippen LogP contribution is 2.36. The van der Waals surface area contributed by atoms with Gasteiger partial charge in [0.15, 0.2) is 5.82 Å². The highest BCUT2D eigenvalue weighted by molar-refractivity contribution is 6.36. The average Bonchev–Trinajstić information content (AvgIpc) is 3.07. The Hall–Kier alpha value is -2.83. The molecule has 0 bridgehead atoms. The second-order valence-electron chi connectivity index (χ2n) is 6.68. The van der Waals surface area contributed by atoms with Crippen molar-refractivity contribution in [3.8, 4) is 17.1 Å². The second kappa shape index (κ2) is 7.54. The number of halogens is 3. The van der Waals surface area contributed by atoms with Gasteiger partial charge < -0.3 is 15.5 Å². The molecule has 5 nitrogen and oxygen atoms in total. The Bertz CT molecular complexity index is 1230. The summed E-state index contributed by atoms with van der Waals surface area (Å²) >= 11 is 12.3. The normalized spacial score (nSPS) is 12.3. The zero-order valence-corrected chi connectivity index (χ0v) is 17.1. The Morgan fingerprint density at radius 2 is 2.00 bits per heavy atom. The standard InChI is InChI=1S/C21H17Cl2FN4O/c1-10-8-12-4-3-5-13(19(12)27-10)16-9-26-20(25)21(28-16)29-11(2)17-14(22)6-7-15(24)18(17)23/h3-9,11,27H,1-2H3,(H2,25,26). The molecule has 0 amide bonds. The fourth-order valence-electron chi connectivity index (χ4n) is 3.25. The summed E-state index contributed by atoms with van der Waals surface area (Å²) in [6.07, 6.45) is 0.890. The number of nitrogens with one attached hydrogen (secondary N) is 1. The van der Waals surface area contributed by atoms with Crippen molar-refractivity contribution < 1.29 is 9.13 Å². The maximum absolute atomic E-state index is 13.9. The van der Waals surface area contributed by atoms with Gasteiger partial charge in [-0.2, -0.15) is 0 Å². The number of hydrogen-bond donors (Lipinski definition) is 2. The largest absolute Gasteiger partial charge is 0.467 e. The van der Waals surface area contributed by atoms with Crippen LogP contribution in [0, 0.1) is 12.7 Å². The van der Waals surface area contributed by atoms with Gasteiger partial charge >= 0.3 is 0 Å². The lowest BCUT2D eigenvalue weighted by atomic mass is 10.1. The molecular formula is C21H17Cl2FN4O. The minimum atomic E-state index is -0.693. The fourth-order valence-corrected chi connectivity index (χ4v) is 3.93. The summed E-state index contributed by atoms with van der Waals surface area (Å²) in [6, 6.07) is 10.6. The number of aromatic nitrogens is 3. The minimum absolute atomic E-state index is 0.0979. The number of para-hydroxylation sites is 1. The van der Waals surface area contributed by atoms with Crippen LogP contribution in [0.2, 0.25) is 10.0 Å². The van der Waals surface area contributed by atoms with Crippen LogP contribution in [-0.2, 0) is 0 Å². The van der Waals surface area contributed by atoms with Gasteiger partial charge in [-0.15, -0.1) is 0 Å². The number of rotatable bonds is 4. The number of aryl methyl sites for hydroxylation is 1. The first kappa shape index (κ1) is 19.5. The molecule has 8 heteroatoms. The molecule has 0 saturated heterocycles. The highest BCUT2D eigenvalue weighted by Gasteiger charge is 2.21. The number of hydrogen-bond acceptors (Lipinski definition) is 4. The molecule has 0 aliphatic rings. The predicted molar refractivity (Wildman–Crippen MR) is 114 cm³/mol. The van der Waals surface area contributed by atoms with Crippen molar-refractivity contribution in [1.29, 1.82) is 0 Å². The van der Waals surface area contributed by atoms with Gasteiger partial charge in [0.05, 0.1) is 22.4 Å². The molecule has 4 rings (SSSR count). The van der Waals surface area contributed by atoms with E-state index in [-0.39, 0.29) is 16.7 Å². The number of H-pyrrole nitrogens is 1. The zero-order valence-electron chi connectivity index (χ0n) is 15.6. The molecule has 148 valence electrons. The Kier molecular flexibility index (Phi) is 5.06. The molecule has 0 spiro atoms. The quantitative estimate of drug-likeness (QED) is 0.383. The molecule has 29 heavy (non-hydrogen) atoms. The molecule has 2 heterocycles. The van der Waals surface area contributed by atoms with Crippen molar-refractivity contribution in [3.63, 3.8) is 0 Å². The summed E-state index contributed by atoms with van der Waals surface area (Å²) in [4.78, 5) is 12.1. The molecule has 0 radical (unpaired) electrons. The summed E-state index contributed by atoms with van der Waals surface area (Å²) in [5.74, 6) is -0.353. The summed E-state index contributed by atoms with van der Waals surface area (Å²) in [5, 5.41) is 1.25. The lowest BCUT2D eigenvalue weighted by Gasteiger charge is -2.18. The SMILES string of the molecule is Cc1cc2cccc(-c3cnc(N)c(OC(C)c4c(Cl)ccc(F)c4Cl)n3)c2[nH]1. The number of fused-ring (bicyclic) bond motifs is 1. The summed E-state index contributed by atoms with van der Waals surface area (Å²) in [5.41, 5.74) is 9.73. The van der Waals surface area contributed by atoms with Gasteiger partial charge in [0, 0.05) is 27.2 Å². The Labute approximate surface area is 176 Å². The van der Waals surface area contributed by atoms with Crippen LogP contribution in [0.1, 0.15) is 24.3 Å². The Morgan fingerprint density at radius 1 is 1.21 bits per heavy atom. The monoisotopic (exact) mass is 430 g/mol. The van der Waals surface area contributed by atoms with E-state index in [1.165, 1.54) is 12.1 Å². The summed E-state index contributed by atoms with van der Waals surface area (Å²) < 4.78 is 19.8. The molecule has 0 saturated carbocycles. The lowest BCUT2D eigenvalue weighted by molar-refractivity contribution is 0.218. The minimum Gasteiger partial charge on any atom is -0.467 e. The van der Waals surface area contributed by atoms with E-state index in [0.29, 0.717) is 16.3 Å². The first-order valence-corrected chi connectivity index (χ1v) is 9.62. The number of ether oxygens (including phenoxy) is 1. The number of aromatic amines is 1. The van der Waals surface area contributed by atoms with E-state index in [9.17, 15) is 4.39 Å². The van der Waals surface area contributed by atoms with Crippen molar-refractivity contribution in [2.24, 2.45) is 0 Å². The average molecular weight is 431 g/mol. The molecule has 2 aromatic heterocycles. The van der Waals surface area contributed by atoms with E-state index in [4.69, 9.17) is 33.7 Å². The van der Waals surface area contributed by atoms with Crippen LogP contribution in [0.3, 0.4) is 0 Å². The molecular weight excluding hydrogens is 414 g/mol. The van der Waals surface area contributed by atoms with Crippen molar-refractivity contribution in [2.75, 3.05) is 5.73 Å². The maximum Gasteiger partial charge on any atom is 0.258 e. The molecule has 2 aromatic carbocycles. The number of nitrogen functional groups attached to an aromatic ring is 1. The zero-order chi connectivity index (χ0) is 20.7. The summed E-state index contributed by atoms with van der Waals surface area (Å²) in [7, 11) is 0. The van der Waals surface area contributed by atoms with Gasteiger partial charge in [-0.3, -0.25) is 0 Å². The van der Waals surface area contributed by atoms with Gasteiger partial charge in [-0.1, -0.05) is 41.4 Å². The molecule has 1 unspecified atom stereocenters. The van der Waals surface area contributed by atoms with Crippen LogP contribution in [-0.4, -0.2) is 15.0 Å². The fraction of sp³-hybridized carbons (Fsp3) is 0.143. The predicted octanol–water partition coefficient (Wildman–Crippen LogP) is 6.10. The van der Waals surface area contributed by atoms with Crippen LogP contribution in [0.4, 0.5) is 10.2 Å². The molecule has 4 aromatic rings. The van der Waals surface area contributed by atoms with Gasteiger partial charge in [0.2, 0.25) is 0 Å². The maximum atomic E-state index is 13.9. The van der Waals surface area contributed by atoms with Crippen molar-refractivity contribution in [3.05, 3.63) is 69.7 Å². The second-order valence-corrected chi connectivity index (χ2v) is 7.47. The van der Waals surface area contributed by atoms with Crippen LogP contribution < -0.4 is 10.5 Å². The van der Waals surface area contributed by atoms with E-state index in [1.54, 1.807) is 13.1 Å². The smallest absolute Gasteiger partial charge is 0.258 e. The van der Waals surface area contributed by atoms with E-state index >= 15 is 0 Å². The van der Waals surface area contributed by atoms with Crippen molar-refractivity contribution in [1.82, 2.24) is 15.0 Å². The van der Waals surface area contributed by atoms with E-state index < -0.39 is 11.9 Å². The van der Waals surface area contributed by atoms with Crippen LogP contribution in [0.15, 0.2) is 42.6 Å². The highest BCUT2D eigenvalue weighted by atomic mass is 35.5. The Morgan fingerprint density at radius 3 is 2.79 bits per heavy atom. The number of nitrogens with two attached hydrogens (primary N) is 1. The van der Waals surface area contributed by atoms with Crippen LogP contribution in [0.5, 0.6) is 5.88 Å². The van der Waals surface area contributed by atoms with Gasteiger partial charge in [-0.25, -0.2) is 14.4 Å². The number of nitrogens with zero attached hydrogens (tertiary/aromatic N) is 2. The molecule has 0 fully saturated rings. The lowest BCUT2D eigenvalue weighted by Crippen LogP contribution is -2.09. The Balaban J connectivity index is 1.74.